The second kappa shape index (κ2) is 7.17. The van der Waals surface area contributed by atoms with E-state index in [1.807, 2.05) is 0 Å². The highest BCUT2D eigenvalue weighted by molar-refractivity contribution is 7.54. The normalized spacial score (nSPS) is 30.9. The summed E-state index contributed by atoms with van der Waals surface area (Å²) in [5.41, 5.74) is 0. The zero-order valence-electron chi connectivity index (χ0n) is 9.20. The van der Waals surface area contributed by atoms with Crippen molar-refractivity contribution >= 4 is 30.9 Å². The molecule has 0 aromatic carbocycles. The van der Waals surface area contributed by atoms with Crippen molar-refractivity contribution in [1.29, 1.82) is 0 Å². The Balaban J connectivity index is 2.67. The van der Waals surface area contributed by atoms with Crippen LogP contribution in [0.2, 0.25) is 0 Å². The number of rotatable bonds is 6. The second-order valence-electron chi connectivity index (χ2n) is 3.33. The van der Waals surface area contributed by atoms with E-state index in [0.717, 1.165) is 0 Å². The van der Waals surface area contributed by atoms with Crippen LogP contribution in [0.3, 0.4) is 0 Å². The molecule has 0 radical (unpaired) electrons. The molecule has 1 saturated heterocycles. The van der Waals surface area contributed by atoms with Crippen LogP contribution in [0.4, 0.5) is 0 Å². The van der Waals surface area contributed by atoms with E-state index < -0.39 is 7.67 Å². The van der Waals surface area contributed by atoms with Crippen molar-refractivity contribution in [3.8, 4) is 0 Å². The molecule has 8 heteroatoms. The zero-order chi connectivity index (χ0) is 12.0. The molecule has 1 aliphatic heterocycles. The van der Waals surface area contributed by atoms with Gasteiger partial charge in [0.05, 0.1) is 6.61 Å². The fraction of sp³-hybridized carbons (Fsp3) is 1.00. The molecule has 0 unspecified atom stereocenters. The van der Waals surface area contributed by atoms with Gasteiger partial charge in [0.15, 0.2) is 0 Å². The summed E-state index contributed by atoms with van der Waals surface area (Å²) in [7, 11) is -1.47. The Morgan fingerprint density at radius 1 is 1.50 bits per heavy atom. The molecule has 0 aliphatic carbocycles. The molecule has 0 bridgehead atoms. The molecule has 5 nitrogen and oxygen atoms in total. The molecule has 1 fully saturated rings. The Morgan fingerprint density at radius 2 is 2.12 bits per heavy atom. The van der Waals surface area contributed by atoms with Gasteiger partial charge < -0.3 is 9.26 Å². The van der Waals surface area contributed by atoms with Gasteiger partial charge in [-0.1, -0.05) is 0 Å². The number of nitrogens with zero attached hydrogens (tertiary/aromatic N) is 1. The molecule has 0 saturated carbocycles. The van der Waals surface area contributed by atoms with Crippen LogP contribution < -0.4 is 5.09 Å². The number of hydrogen-bond acceptors (Lipinski definition) is 3. The lowest BCUT2D eigenvalue weighted by Crippen LogP contribution is -2.42. The summed E-state index contributed by atoms with van der Waals surface area (Å²) in [5.74, 6) is 0.757. The minimum absolute atomic E-state index is 0.243. The number of halogens is 2. The third kappa shape index (κ3) is 3.84. The van der Waals surface area contributed by atoms with E-state index in [1.165, 1.54) is 0 Å². The number of ether oxygens (including phenoxy) is 1. The Labute approximate surface area is 106 Å². The lowest BCUT2D eigenvalue weighted by Gasteiger charge is -2.36. The van der Waals surface area contributed by atoms with Crippen LogP contribution in [0.5, 0.6) is 0 Å². The van der Waals surface area contributed by atoms with E-state index in [-0.39, 0.29) is 6.23 Å². The zero-order valence-corrected chi connectivity index (χ0v) is 11.6. The molecule has 0 aromatic heterocycles. The van der Waals surface area contributed by atoms with Crippen LogP contribution in [0.1, 0.15) is 6.42 Å². The maximum absolute atomic E-state index is 12.5. The Hall–Kier alpha value is 0.650. The summed E-state index contributed by atoms with van der Waals surface area (Å²) in [4.78, 5) is 0. The van der Waals surface area contributed by atoms with Crippen LogP contribution in [-0.2, 0) is 13.8 Å². The van der Waals surface area contributed by atoms with E-state index in [0.29, 0.717) is 37.9 Å². The summed E-state index contributed by atoms with van der Waals surface area (Å²) in [6, 6.07) is 0. The topological polar surface area (TPSA) is 50.8 Å². The average Bonchev–Trinajstić information content (AvgIpc) is 2.29. The van der Waals surface area contributed by atoms with Gasteiger partial charge in [0.2, 0.25) is 0 Å². The first-order chi connectivity index (χ1) is 7.66. The molecule has 1 aliphatic rings. The van der Waals surface area contributed by atoms with Crippen molar-refractivity contribution in [1.82, 2.24) is 9.76 Å². The third-order valence-corrected chi connectivity index (χ3v) is 4.93. The standard InChI is InChI=1S/C8H17Cl2N2O3P/c1-14-8-2-7-15-16(13,11-8)12(5-3-9)6-4-10/h8H,2-7H2,1H3,(H,11,13)/t8-,16+/m0/s1. The van der Waals surface area contributed by atoms with E-state index in [1.54, 1.807) is 11.8 Å². The van der Waals surface area contributed by atoms with Crippen LogP contribution in [-0.4, -0.2) is 49.5 Å². The average molecular weight is 291 g/mol. The van der Waals surface area contributed by atoms with Gasteiger partial charge in [0.1, 0.15) is 6.23 Å². The quantitative estimate of drug-likeness (QED) is 0.598. The summed E-state index contributed by atoms with van der Waals surface area (Å²) in [6.45, 7) is 1.34. The minimum atomic E-state index is -3.04. The fourth-order valence-corrected chi connectivity index (χ4v) is 4.19. The smallest absolute Gasteiger partial charge is 0.345 e. The van der Waals surface area contributed by atoms with Crippen molar-refractivity contribution in [2.45, 2.75) is 12.6 Å². The van der Waals surface area contributed by atoms with Crippen LogP contribution >= 0.6 is 30.9 Å². The first-order valence-corrected chi connectivity index (χ1v) is 7.73. The van der Waals surface area contributed by atoms with Crippen molar-refractivity contribution in [2.24, 2.45) is 0 Å². The van der Waals surface area contributed by atoms with Crippen LogP contribution in [0, 0.1) is 0 Å². The summed E-state index contributed by atoms with van der Waals surface area (Å²) < 4.78 is 24.6. The molecule has 0 amide bonds. The predicted octanol–water partition coefficient (Wildman–Crippen LogP) is 1.86. The molecule has 0 aromatic rings. The largest absolute Gasteiger partial charge is 0.366 e. The molecule has 1 heterocycles. The van der Waals surface area contributed by atoms with Gasteiger partial charge >= 0.3 is 7.67 Å². The van der Waals surface area contributed by atoms with Crippen molar-refractivity contribution in [3.63, 3.8) is 0 Å². The maximum Gasteiger partial charge on any atom is 0.345 e. The first-order valence-electron chi connectivity index (χ1n) is 5.09. The van der Waals surface area contributed by atoms with E-state index in [2.05, 4.69) is 5.09 Å². The summed E-state index contributed by atoms with van der Waals surface area (Å²) >= 11 is 11.3. The number of alkyl halides is 2. The number of methoxy groups -OCH3 is 1. The fourth-order valence-electron chi connectivity index (χ4n) is 1.47. The van der Waals surface area contributed by atoms with E-state index in [4.69, 9.17) is 32.5 Å². The molecular formula is C8H17Cl2N2O3P. The highest BCUT2D eigenvalue weighted by Crippen LogP contribution is 2.49. The van der Waals surface area contributed by atoms with Crippen LogP contribution in [0.25, 0.3) is 0 Å². The van der Waals surface area contributed by atoms with Crippen molar-refractivity contribution < 1.29 is 13.8 Å². The molecule has 96 valence electrons. The second-order valence-corrected chi connectivity index (χ2v) is 6.21. The van der Waals surface area contributed by atoms with Crippen LogP contribution in [0.15, 0.2) is 0 Å². The number of hydrogen-bond donors (Lipinski definition) is 1. The Bertz CT molecular complexity index is 251. The number of nitrogens with one attached hydrogen (secondary N) is 1. The lowest BCUT2D eigenvalue weighted by molar-refractivity contribution is 0.0452. The van der Waals surface area contributed by atoms with Gasteiger partial charge in [0.25, 0.3) is 0 Å². The molecule has 16 heavy (non-hydrogen) atoms. The SMILES string of the molecule is CO[C@H]1CCO[P@@](=O)(N(CCCl)CCCl)N1. The van der Waals surface area contributed by atoms with Gasteiger partial charge in [-0.25, -0.2) is 9.76 Å². The summed E-state index contributed by atoms with van der Waals surface area (Å²) in [6.07, 6.45) is 0.434. The van der Waals surface area contributed by atoms with E-state index in [9.17, 15) is 4.57 Å². The first kappa shape index (κ1) is 14.7. The highest BCUT2D eigenvalue weighted by atomic mass is 35.5. The molecular weight excluding hydrogens is 274 g/mol. The van der Waals surface area contributed by atoms with E-state index >= 15 is 0 Å². The Kier molecular flexibility index (Phi) is 6.59. The maximum atomic E-state index is 12.5. The monoisotopic (exact) mass is 290 g/mol. The highest BCUT2D eigenvalue weighted by Gasteiger charge is 2.37. The van der Waals surface area contributed by atoms with Gasteiger partial charge in [-0.3, -0.25) is 4.57 Å². The predicted molar refractivity (Wildman–Crippen MR) is 65.1 cm³/mol. The molecule has 0 spiro atoms. The molecule has 2 atom stereocenters. The minimum Gasteiger partial charge on any atom is -0.366 e. The van der Waals surface area contributed by atoms with Gasteiger partial charge in [-0.15, -0.1) is 23.2 Å². The van der Waals surface area contributed by atoms with Gasteiger partial charge in [-0.2, -0.15) is 0 Å². The third-order valence-electron chi connectivity index (χ3n) is 2.30. The van der Waals surface area contributed by atoms with Gasteiger partial charge in [-0.05, 0) is 0 Å². The lowest BCUT2D eigenvalue weighted by atomic mass is 10.4. The van der Waals surface area contributed by atoms with Crippen molar-refractivity contribution in [3.05, 3.63) is 0 Å². The van der Waals surface area contributed by atoms with Gasteiger partial charge in [0, 0.05) is 38.4 Å². The molecule has 1 N–H and O–H groups in total. The van der Waals surface area contributed by atoms with Crippen molar-refractivity contribution in [2.75, 3.05) is 38.6 Å². The summed E-state index contributed by atoms with van der Waals surface area (Å²) in [5, 5.41) is 2.87. The Morgan fingerprint density at radius 3 is 2.62 bits per heavy atom. The molecule has 1 rings (SSSR count).